The Labute approximate surface area is 124 Å². The zero-order valence-electron chi connectivity index (χ0n) is 11.8. The lowest BCUT2D eigenvalue weighted by molar-refractivity contribution is 0.579. The van der Waals surface area contributed by atoms with Crippen LogP contribution < -0.4 is 5.32 Å². The van der Waals surface area contributed by atoms with E-state index in [4.69, 9.17) is 0 Å². The van der Waals surface area contributed by atoms with Gasteiger partial charge in [-0.1, -0.05) is 0 Å². The molecule has 1 heterocycles. The Morgan fingerprint density at radius 3 is 2.43 bits per heavy atom. The zero-order chi connectivity index (χ0) is 14.9. The van der Waals surface area contributed by atoms with Crippen LogP contribution in [-0.4, -0.2) is 41.0 Å². The Morgan fingerprint density at radius 2 is 1.81 bits per heavy atom. The fourth-order valence-corrected chi connectivity index (χ4v) is 4.25. The van der Waals surface area contributed by atoms with Gasteiger partial charge < -0.3 is 5.32 Å². The van der Waals surface area contributed by atoms with Gasteiger partial charge in [0.25, 0.3) is 0 Å². The quantitative estimate of drug-likeness (QED) is 0.929. The summed E-state index contributed by atoms with van der Waals surface area (Å²) < 4.78 is 23.6. The highest BCUT2D eigenvalue weighted by molar-refractivity contribution is 7.91. The molecule has 1 aromatic heterocycles. The van der Waals surface area contributed by atoms with E-state index in [2.05, 4.69) is 15.5 Å². The maximum atomic E-state index is 11.8. The highest BCUT2D eigenvalue weighted by atomic mass is 32.2. The lowest BCUT2D eigenvalue weighted by Gasteiger charge is -2.20. The number of hydrogen-bond donors (Lipinski definition) is 1. The first-order valence-electron chi connectivity index (χ1n) is 6.96. The molecule has 0 bridgehead atoms. The van der Waals surface area contributed by atoms with Crippen LogP contribution in [0, 0.1) is 0 Å². The number of hydrogen-bond acceptors (Lipinski definition) is 5. The second kappa shape index (κ2) is 5.48. The molecule has 1 N–H and O–H groups in total. The van der Waals surface area contributed by atoms with Crippen LogP contribution in [0.25, 0.3) is 5.69 Å². The van der Waals surface area contributed by atoms with Gasteiger partial charge in [-0.25, -0.2) is 8.42 Å². The van der Waals surface area contributed by atoms with E-state index in [-0.39, 0.29) is 11.3 Å². The Balaban J connectivity index is 1.73. The largest absolute Gasteiger partial charge is 0.381 e. The van der Waals surface area contributed by atoms with Gasteiger partial charge in [0.1, 0.15) is 0 Å². The highest BCUT2D eigenvalue weighted by Crippen LogP contribution is 2.28. The second-order valence-corrected chi connectivity index (χ2v) is 7.68. The van der Waals surface area contributed by atoms with Crippen LogP contribution in [0.5, 0.6) is 0 Å². The summed E-state index contributed by atoms with van der Waals surface area (Å²) in [5, 5.41) is 11.2. The van der Waals surface area contributed by atoms with Crippen LogP contribution in [0.1, 0.15) is 19.3 Å². The van der Waals surface area contributed by atoms with Crippen molar-refractivity contribution in [3.8, 4) is 5.69 Å². The molecular formula is C14H18N4O2S. The minimum absolute atomic E-state index is 0.00585. The summed E-state index contributed by atoms with van der Waals surface area (Å²) in [4.78, 5) is 1.54. The molecule has 0 saturated heterocycles. The molecule has 112 valence electrons. The third kappa shape index (κ3) is 3.07. The molecule has 2 unspecified atom stereocenters. The minimum atomic E-state index is -3.00. The molecule has 0 spiro atoms. The normalized spacial score (nSPS) is 22.3. The van der Waals surface area contributed by atoms with Crippen molar-refractivity contribution in [3.05, 3.63) is 36.7 Å². The van der Waals surface area contributed by atoms with E-state index in [9.17, 15) is 8.42 Å². The molecule has 0 radical (unpaired) electrons. The van der Waals surface area contributed by atoms with E-state index in [0.717, 1.165) is 30.6 Å². The predicted molar refractivity (Wildman–Crippen MR) is 81.3 cm³/mol. The molecule has 3 rings (SSSR count). The summed E-state index contributed by atoms with van der Waals surface area (Å²) in [6, 6.07) is 7.67. The molecule has 2 atom stereocenters. The van der Waals surface area contributed by atoms with Crippen molar-refractivity contribution in [2.75, 3.05) is 11.6 Å². The average molecular weight is 306 g/mol. The first-order valence-corrected chi connectivity index (χ1v) is 8.92. The molecule has 1 aliphatic rings. The lowest BCUT2D eigenvalue weighted by Crippen LogP contribution is -2.34. The van der Waals surface area contributed by atoms with Crippen LogP contribution in [0.15, 0.2) is 36.7 Å². The van der Waals surface area contributed by atoms with Crippen LogP contribution in [-0.2, 0) is 9.84 Å². The van der Waals surface area contributed by atoms with Gasteiger partial charge in [-0.2, -0.15) is 15.0 Å². The van der Waals surface area contributed by atoms with Crippen LogP contribution in [0.2, 0.25) is 0 Å². The molecule has 0 amide bonds. The van der Waals surface area contributed by atoms with Gasteiger partial charge in [-0.05, 0) is 43.5 Å². The minimum Gasteiger partial charge on any atom is -0.381 e. The second-order valence-electron chi connectivity index (χ2n) is 5.42. The van der Waals surface area contributed by atoms with Crippen molar-refractivity contribution in [2.45, 2.75) is 30.6 Å². The number of nitrogens with zero attached hydrogens (tertiary/aromatic N) is 3. The summed E-state index contributed by atoms with van der Waals surface area (Å²) in [7, 11) is -3.00. The van der Waals surface area contributed by atoms with E-state index in [1.54, 1.807) is 17.2 Å². The maximum Gasteiger partial charge on any atom is 0.152 e. The monoisotopic (exact) mass is 306 g/mol. The van der Waals surface area contributed by atoms with Crippen LogP contribution in [0.3, 0.4) is 0 Å². The topological polar surface area (TPSA) is 76.9 Å². The molecule has 1 fully saturated rings. The van der Waals surface area contributed by atoms with E-state index < -0.39 is 9.84 Å². The van der Waals surface area contributed by atoms with Crippen molar-refractivity contribution in [2.24, 2.45) is 0 Å². The molecule has 1 saturated carbocycles. The van der Waals surface area contributed by atoms with Gasteiger partial charge in [0.15, 0.2) is 9.84 Å². The van der Waals surface area contributed by atoms with Crippen molar-refractivity contribution in [3.63, 3.8) is 0 Å². The Hall–Kier alpha value is -1.89. The van der Waals surface area contributed by atoms with Crippen molar-refractivity contribution < 1.29 is 8.42 Å². The lowest BCUT2D eigenvalue weighted by atomic mass is 10.2. The molecule has 6 nitrogen and oxygen atoms in total. The molecule has 0 aliphatic heterocycles. The van der Waals surface area contributed by atoms with Crippen molar-refractivity contribution >= 4 is 15.5 Å². The average Bonchev–Trinajstić information content (AvgIpc) is 3.09. The van der Waals surface area contributed by atoms with Gasteiger partial charge in [0, 0.05) is 18.0 Å². The standard InChI is InChI=1S/C14H18N4O2S/c1-21(19,20)14-4-2-3-13(14)17-11-5-7-12(8-6-11)18-15-9-10-16-18/h5-10,13-14,17H,2-4H2,1H3. The summed E-state index contributed by atoms with van der Waals surface area (Å²) in [6.45, 7) is 0. The molecule has 21 heavy (non-hydrogen) atoms. The third-order valence-electron chi connectivity index (χ3n) is 3.87. The fourth-order valence-electron chi connectivity index (χ4n) is 2.86. The van der Waals surface area contributed by atoms with Gasteiger partial charge in [-0.15, -0.1) is 0 Å². The number of anilines is 1. The molecule has 2 aromatic rings. The van der Waals surface area contributed by atoms with E-state index in [1.807, 2.05) is 24.3 Å². The highest BCUT2D eigenvalue weighted by Gasteiger charge is 2.34. The number of nitrogens with one attached hydrogen (secondary N) is 1. The molecule has 1 aromatic carbocycles. The predicted octanol–water partition coefficient (Wildman–Crippen LogP) is 1.64. The van der Waals surface area contributed by atoms with E-state index in [0.29, 0.717) is 0 Å². The van der Waals surface area contributed by atoms with Crippen molar-refractivity contribution in [1.29, 1.82) is 0 Å². The van der Waals surface area contributed by atoms with Gasteiger partial charge in [0.2, 0.25) is 0 Å². The summed E-state index contributed by atoms with van der Waals surface area (Å²) >= 11 is 0. The fraction of sp³-hybridized carbons (Fsp3) is 0.429. The number of benzene rings is 1. The van der Waals surface area contributed by atoms with Gasteiger partial charge >= 0.3 is 0 Å². The molecule has 7 heteroatoms. The Bertz CT molecular complexity index is 695. The smallest absolute Gasteiger partial charge is 0.152 e. The SMILES string of the molecule is CS(=O)(=O)C1CCCC1Nc1ccc(-n2nccn2)cc1. The van der Waals surface area contributed by atoms with E-state index in [1.165, 1.54) is 6.26 Å². The third-order valence-corrected chi connectivity index (χ3v) is 5.54. The first-order chi connectivity index (χ1) is 10.0. The van der Waals surface area contributed by atoms with Gasteiger partial charge in [-0.3, -0.25) is 0 Å². The maximum absolute atomic E-state index is 11.8. The first kappa shape index (κ1) is 14.1. The summed E-state index contributed by atoms with van der Waals surface area (Å²) in [5.74, 6) is 0. The number of rotatable bonds is 4. The summed E-state index contributed by atoms with van der Waals surface area (Å²) in [5.41, 5.74) is 1.79. The molecular weight excluding hydrogens is 288 g/mol. The summed E-state index contributed by atoms with van der Waals surface area (Å²) in [6.07, 6.45) is 7.16. The number of sulfone groups is 1. The van der Waals surface area contributed by atoms with Crippen molar-refractivity contribution in [1.82, 2.24) is 15.0 Å². The zero-order valence-corrected chi connectivity index (χ0v) is 12.6. The van der Waals surface area contributed by atoms with Crippen LogP contribution in [0.4, 0.5) is 5.69 Å². The Morgan fingerprint density at radius 1 is 1.14 bits per heavy atom. The molecule has 1 aliphatic carbocycles. The number of aromatic nitrogens is 3. The van der Waals surface area contributed by atoms with Crippen LogP contribution >= 0.6 is 0 Å². The van der Waals surface area contributed by atoms with Gasteiger partial charge in [0.05, 0.1) is 23.3 Å². The van der Waals surface area contributed by atoms with E-state index >= 15 is 0 Å². The Kier molecular flexibility index (Phi) is 3.67.